The van der Waals surface area contributed by atoms with E-state index in [0.29, 0.717) is 25.3 Å². The summed E-state index contributed by atoms with van der Waals surface area (Å²) >= 11 is 0. The summed E-state index contributed by atoms with van der Waals surface area (Å²) in [5.41, 5.74) is 9.34. The van der Waals surface area contributed by atoms with Crippen molar-refractivity contribution in [1.29, 1.82) is 0 Å². The lowest BCUT2D eigenvalue weighted by Gasteiger charge is -2.21. The number of anilines is 1. The third-order valence-corrected chi connectivity index (χ3v) is 4.36. The molecule has 2 aromatic carbocycles. The molecule has 0 radical (unpaired) electrons. The number of Topliss-reactive ketones (excluding diaryl/α,β-unsaturated/α-hetero) is 1. The van der Waals surface area contributed by atoms with Crippen LogP contribution in [0.5, 0.6) is 0 Å². The van der Waals surface area contributed by atoms with Gasteiger partial charge in [-0.1, -0.05) is 18.2 Å². The van der Waals surface area contributed by atoms with Gasteiger partial charge >= 0.3 is 0 Å². The molecule has 0 amide bonds. The number of carbonyl (C=O) groups excluding carboxylic acids is 1. The van der Waals surface area contributed by atoms with E-state index in [1.165, 1.54) is 12.1 Å². The standard InChI is InChI=1S/C19H20FNO2/c20-17-4-1-13(2-5-17)15-3-6-18(21)16(11-15)12-19(22)14-7-9-23-10-8-14/h1-6,11,14H,7-10,12,21H2. The predicted octanol–water partition coefficient (Wildman–Crippen LogP) is 3.61. The lowest BCUT2D eigenvalue weighted by molar-refractivity contribution is -0.125. The number of halogens is 1. The van der Waals surface area contributed by atoms with E-state index in [1.54, 1.807) is 12.1 Å². The monoisotopic (exact) mass is 313 g/mol. The van der Waals surface area contributed by atoms with Crippen LogP contribution in [0.15, 0.2) is 42.5 Å². The summed E-state index contributed by atoms with van der Waals surface area (Å²) in [4.78, 5) is 12.5. The molecule has 0 aliphatic carbocycles. The van der Waals surface area contributed by atoms with E-state index in [-0.39, 0.29) is 17.5 Å². The van der Waals surface area contributed by atoms with E-state index in [1.807, 2.05) is 18.2 Å². The Kier molecular flexibility index (Phi) is 4.72. The lowest BCUT2D eigenvalue weighted by Crippen LogP contribution is -2.25. The van der Waals surface area contributed by atoms with Crippen molar-refractivity contribution in [2.24, 2.45) is 5.92 Å². The molecule has 0 aromatic heterocycles. The molecule has 1 fully saturated rings. The summed E-state index contributed by atoms with van der Waals surface area (Å²) < 4.78 is 18.4. The van der Waals surface area contributed by atoms with Crippen LogP contribution in [0.3, 0.4) is 0 Å². The van der Waals surface area contributed by atoms with Gasteiger partial charge in [-0.2, -0.15) is 0 Å². The smallest absolute Gasteiger partial charge is 0.140 e. The Morgan fingerprint density at radius 3 is 2.43 bits per heavy atom. The van der Waals surface area contributed by atoms with Gasteiger partial charge in [0.05, 0.1) is 0 Å². The minimum absolute atomic E-state index is 0.0672. The molecule has 1 heterocycles. The summed E-state index contributed by atoms with van der Waals surface area (Å²) in [6, 6.07) is 11.9. The van der Waals surface area contributed by atoms with Gasteiger partial charge in [-0.15, -0.1) is 0 Å². The molecular formula is C19H20FNO2. The fourth-order valence-corrected chi connectivity index (χ4v) is 2.93. The number of ketones is 1. The number of hydrogen-bond acceptors (Lipinski definition) is 3. The van der Waals surface area contributed by atoms with E-state index < -0.39 is 0 Å². The normalized spacial score (nSPS) is 15.5. The van der Waals surface area contributed by atoms with Crippen molar-refractivity contribution in [3.8, 4) is 11.1 Å². The van der Waals surface area contributed by atoms with Crippen LogP contribution in [0, 0.1) is 11.7 Å². The molecule has 3 nitrogen and oxygen atoms in total. The molecule has 4 heteroatoms. The van der Waals surface area contributed by atoms with Crippen LogP contribution in [0.4, 0.5) is 10.1 Å². The van der Waals surface area contributed by atoms with Gasteiger partial charge in [-0.25, -0.2) is 4.39 Å². The highest BCUT2D eigenvalue weighted by atomic mass is 19.1. The molecule has 2 aromatic rings. The number of hydrogen-bond donors (Lipinski definition) is 1. The minimum Gasteiger partial charge on any atom is -0.398 e. The van der Waals surface area contributed by atoms with E-state index in [4.69, 9.17) is 10.5 Å². The molecule has 3 rings (SSSR count). The molecule has 1 aliphatic rings. The quantitative estimate of drug-likeness (QED) is 0.877. The fourth-order valence-electron chi connectivity index (χ4n) is 2.93. The van der Waals surface area contributed by atoms with Gasteiger partial charge in [0.1, 0.15) is 11.6 Å². The third-order valence-electron chi connectivity index (χ3n) is 4.36. The molecule has 23 heavy (non-hydrogen) atoms. The summed E-state index contributed by atoms with van der Waals surface area (Å²) in [6.07, 6.45) is 1.91. The largest absolute Gasteiger partial charge is 0.398 e. The average Bonchev–Trinajstić information content (AvgIpc) is 2.58. The molecule has 1 saturated heterocycles. The van der Waals surface area contributed by atoms with Crippen LogP contribution in [0.1, 0.15) is 18.4 Å². The molecule has 2 N–H and O–H groups in total. The Labute approximate surface area is 135 Å². The van der Waals surface area contributed by atoms with Crippen molar-refractivity contribution in [1.82, 2.24) is 0 Å². The first-order valence-electron chi connectivity index (χ1n) is 7.88. The van der Waals surface area contributed by atoms with Crippen LogP contribution < -0.4 is 5.73 Å². The van der Waals surface area contributed by atoms with Crippen molar-refractivity contribution in [2.75, 3.05) is 18.9 Å². The first kappa shape index (κ1) is 15.7. The highest BCUT2D eigenvalue weighted by Gasteiger charge is 2.22. The Balaban J connectivity index is 1.80. The van der Waals surface area contributed by atoms with Crippen LogP contribution >= 0.6 is 0 Å². The van der Waals surface area contributed by atoms with Gasteiger partial charge < -0.3 is 10.5 Å². The second-order valence-corrected chi connectivity index (χ2v) is 5.95. The lowest BCUT2D eigenvalue weighted by atomic mass is 9.90. The SMILES string of the molecule is Nc1ccc(-c2ccc(F)cc2)cc1CC(=O)C1CCOCC1. The number of rotatable bonds is 4. The molecule has 0 spiro atoms. The zero-order valence-electron chi connectivity index (χ0n) is 12.9. The fraction of sp³-hybridized carbons (Fsp3) is 0.316. The van der Waals surface area contributed by atoms with E-state index >= 15 is 0 Å². The maximum absolute atomic E-state index is 13.0. The van der Waals surface area contributed by atoms with Gasteiger partial charge in [0, 0.05) is 31.2 Å². The summed E-state index contributed by atoms with van der Waals surface area (Å²) in [6.45, 7) is 1.31. The maximum atomic E-state index is 13.0. The van der Waals surface area contributed by atoms with Crippen molar-refractivity contribution >= 4 is 11.5 Å². The van der Waals surface area contributed by atoms with Gasteiger partial charge in [0.15, 0.2) is 0 Å². The van der Waals surface area contributed by atoms with Gasteiger partial charge in [0.25, 0.3) is 0 Å². The third kappa shape index (κ3) is 3.77. The Hall–Kier alpha value is -2.20. The summed E-state index contributed by atoms with van der Waals surface area (Å²) in [5, 5.41) is 0. The van der Waals surface area contributed by atoms with Gasteiger partial charge in [-0.05, 0) is 53.8 Å². The number of nitrogens with two attached hydrogens (primary N) is 1. The summed E-state index contributed by atoms with van der Waals surface area (Å²) in [7, 11) is 0. The molecule has 1 aliphatic heterocycles. The predicted molar refractivity (Wildman–Crippen MR) is 88.5 cm³/mol. The van der Waals surface area contributed by atoms with Crippen LogP contribution in [0.2, 0.25) is 0 Å². The van der Waals surface area contributed by atoms with Crippen LogP contribution in [0.25, 0.3) is 11.1 Å². The first-order chi connectivity index (χ1) is 11.1. The highest BCUT2D eigenvalue weighted by molar-refractivity contribution is 5.85. The van der Waals surface area contributed by atoms with E-state index in [0.717, 1.165) is 29.5 Å². The van der Waals surface area contributed by atoms with Crippen molar-refractivity contribution in [3.05, 3.63) is 53.8 Å². The van der Waals surface area contributed by atoms with Crippen LogP contribution in [-0.2, 0) is 16.0 Å². The Morgan fingerprint density at radius 1 is 1.09 bits per heavy atom. The zero-order valence-corrected chi connectivity index (χ0v) is 12.9. The molecule has 0 bridgehead atoms. The first-order valence-corrected chi connectivity index (χ1v) is 7.88. The summed E-state index contributed by atoms with van der Waals surface area (Å²) in [5.74, 6) is 0.0213. The minimum atomic E-state index is -0.265. The Bertz CT molecular complexity index is 691. The second kappa shape index (κ2) is 6.92. The number of benzene rings is 2. The number of nitrogen functional groups attached to an aromatic ring is 1. The highest BCUT2D eigenvalue weighted by Crippen LogP contribution is 2.26. The van der Waals surface area contributed by atoms with E-state index in [2.05, 4.69) is 0 Å². The molecular weight excluding hydrogens is 293 g/mol. The molecule has 0 saturated carbocycles. The van der Waals surface area contributed by atoms with Gasteiger partial charge in [0.2, 0.25) is 0 Å². The molecule has 0 unspecified atom stereocenters. The molecule has 0 atom stereocenters. The zero-order chi connectivity index (χ0) is 16.2. The number of ether oxygens (including phenoxy) is 1. The topological polar surface area (TPSA) is 52.3 Å². The number of carbonyl (C=O) groups is 1. The van der Waals surface area contributed by atoms with Crippen molar-refractivity contribution < 1.29 is 13.9 Å². The van der Waals surface area contributed by atoms with Gasteiger partial charge in [-0.3, -0.25) is 4.79 Å². The second-order valence-electron chi connectivity index (χ2n) is 5.95. The van der Waals surface area contributed by atoms with E-state index in [9.17, 15) is 9.18 Å². The molecule has 120 valence electrons. The van der Waals surface area contributed by atoms with Crippen molar-refractivity contribution in [3.63, 3.8) is 0 Å². The maximum Gasteiger partial charge on any atom is 0.140 e. The van der Waals surface area contributed by atoms with Crippen molar-refractivity contribution in [2.45, 2.75) is 19.3 Å². The van der Waals surface area contributed by atoms with Crippen LogP contribution in [-0.4, -0.2) is 19.0 Å². The average molecular weight is 313 g/mol. The Morgan fingerprint density at radius 2 is 1.74 bits per heavy atom.